The molecule has 0 radical (unpaired) electrons. The van der Waals surface area contributed by atoms with Gasteiger partial charge in [-0.15, -0.1) is 11.3 Å². The number of carbonyl (C=O) groups excluding carboxylic acids is 1. The van der Waals surface area contributed by atoms with Crippen LogP contribution in [0.4, 0.5) is 5.82 Å². The number of nitrogens with zero attached hydrogens (tertiary/aromatic N) is 3. The molecule has 0 unspecified atom stereocenters. The number of aromatic nitrogens is 3. The molecule has 1 N–H and O–H groups in total. The second-order valence-electron chi connectivity index (χ2n) is 5.34. The number of nitrogens with one attached hydrogen (secondary N) is 1. The lowest BCUT2D eigenvalue weighted by molar-refractivity contribution is 0.103. The Labute approximate surface area is 151 Å². The molecule has 0 aliphatic rings. The highest BCUT2D eigenvalue weighted by Gasteiger charge is 2.16. The van der Waals surface area contributed by atoms with Gasteiger partial charge in [0.2, 0.25) is 5.13 Å². The van der Waals surface area contributed by atoms with Crippen molar-refractivity contribution in [2.75, 3.05) is 12.4 Å². The number of fused-ring (bicyclic) bond motifs is 1. The van der Waals surface area contributed by atoms with Gasteiger partial charge in [0.15, 0.2) is 0 Å². The van der Waals surface area contributed by atoms with Gasteiger partial charge in [-0.05, 0) is 36.6 Å². The largest absolute Gasteiger partial charge is 0.497 e. The molecular weight excluding hydrogens is 356 g/mol. The van der Waals surface area contributed by atoms with E-state index in [2.05, 4.69) is 15.4 Å². The highest BCUT2D eigenvalue weighted by atomic mass is 32.1. The van der Waals surface area contributed by atoms with Crippen molar-refractivity contribution >= 4 is 44.6 Å². The quantitative estimate of drug-likeness (QED) is 0.587. The molecule has 6 nitrogen and oxygen atoms in total. The van der Waals surface area contributed by atoms with Crippen LogP contribution < -0.4 is 10.1 Å². The molecule has 4 rings (SSSR count). The van der Waals surface area contributed by atoms with Crippen molar-refractivity contribution in [3.8, 4) is 10.9 Å². The van der Waals surface area contributed by atoms with E-state index in [0.717, 1.165) is 21.7 Å². The van der Waals surface area contributed by atoms with Crippen molar-refractivity contribution in [2.45, 2.75) is 6.92 Å². The number of methoxy groups -OCH3 is 1. The number of carbonyl (C=O) groups is 1. The van der Waals surface area contributed by atoms with Gasteiger partial charge in [-0.2, -0.15) is 9.78 Å². The number of thiophene rings is 1. The lowest BCUT2D eigenvalue weighted by Crippen LogP contribution is -2.13. The van der Waals surface area contributed by atoms with Crippen LogP contribution in [0.1, 0.15) is 15.4 Å². The Morgan fingerprint density at radius 2 is 2.16 bits per heavy atom. The molecule has 8 heteroatoms. The van der Waals surface area contributed by atoms with Crippen LogP contribution >= 0.6 is 22.7 Å². The van der Waals surface area contributed by atoms with Crippen LogP contribution in [-0.4, -0.2) is 27.8 Å². The van der Waals surface area contributed by atoms with Crippen molar-refractivity contribution in [1.29, 1.82) is 0 Å². The molecule has 25 heavy (non-hydrogen) atoms. The van der Waals surface area contributed by atoms with E-state index in [1.54, 1.807) is 17.9 Å². The van der Waals surface area contributed by atoms with Crippen molar-refractivity contribution in [1.82, 2.24) is 14.8 Å². The average molecular weight is 370 g/mol. The summed E-state index contributed by atoms with van der Waals surface area (Å²) in [7, 11) is 1.64. The van der Waals surface area contributed by atoms with Gasteiger partial charge in [0, 0.05) is 6.07 Å². The second kappa shape index (κ2) is 6.30. The van der Waals surface area contributed by atoms with E-state index in [4.69, 9.17) is 4.74 Å². The first kappa shape index (κ1) is 15.8. The summed E-state index contributed by atoms with van der Waals surface area (Å²) in [6.07, 6.45) is 0. The predicted octanol–water partition coefficient (Wildman–Crippen LogP) is 4.11. The summed E-state index contributed by atoms with van der Waals surface area (Å²) in [4.78, 5) is 17.6. The first-order valence-electron chi connectivity index (χ1n) is 7.50. The molecule has 0 bridgehead atoms. The molecule has 1 amide bonds. The second-order valence-corrected chi connectivity index (χ2v) is 7.30. The number of hydrogen-bond donors (Lipinski definition) is 1. The number of rotatable bonds is 4. The molecule has 126 valence electrons. The zero-order valence-electron chi connectivity index (χ0n) is 13.5. The summed E-state index contributed by atoms with van der Waals surface area (Å²) in [5, 5.41) is 9.95. The third-order valence-electron chi connectivity index (χ3n) is 3.58. The minimum atomic E-state index is -0.154. The summed E-state index contributed by atoms with van der Waals surface area (Å²) < 4.78 is 7.92. The van der Waals surface area contributed by atoms with Crippen molar-refractivity contribution in [2.24, 2.45) is 0 Å². The Hall–Kier alpha value is -2.71. The Balaban J connectivity index is 1.72. The standard InChI is InChI=1S/C17H14N4O2S2/c1-10-8-15(19-16(22)13-4-3-7-24-13)21(20-10)17-18-12-6-5-11(23-2)9-14(12)25-17/h3-9H,1-2H3,(H,19,22). The van der Waals surface area contributed by atoms with Gasteiger partial charge in [-0.25, -0.2) is 4.98 Å². The number of hydrogen-bond acceptors (Lipinski definition) is 6. The van der Waals surface area contributed by atoms with E-state index < -0.39 is 0 Å². The van der Waals surface area contributed by atoms with E-state index in [1.165, 1.54) is 22.7 Å². The maximum atomic E-state index is 12.3. The van der Waals surface area contributed by atoms with Crippen LogP contribution in [0.15, 0.2) is 41.8 Å². The molecule has 0 aliphatic carbocycles. The van der Waals surface area contributed by atoms with Crippen LogP contribution in [0.5, 0.6) is 5.75 Å². The Morgan fingerprint density at radius 3 is 2.92 bits per heavy atom. The van der Waals surface area contributed by atoms with Gasteiger partial charge in [0.05, 0.1) is 27.9 Å². The summed E-state index contributed by atoms with van der Waals surface area (Å²) in [6, 6.07) is 11.2. The number of amides is 1. The third-order valence-corrected chi connectivity index (χ3v) is 5.45. The molecule has 0 fully saturated rings. The fourth-order valence-corrected chi connectivity index (χ4v) is 4.01. The summed E-state index contributed by atoms with van der Waals surface area (Å²) >= 11 is 2.89. The smallest absolute Gasteiger partial charge is 0.266 e. The Bertz CT molecular complexity index is 1050. The summed E-state index contributed by atoms with van der Waals surface area (Å²) in [5.41, 5.74) is 1.67. The zero-order valence-corrected chi connectivity index (χ0v) is 15.1. The first-order valence-corrected chi connectivity index (χ1v) is 9.20. The molecule has 3 heterocycles. The van der Waals surface area contributed by atoms with E-state index in [9.17, 15) is 4.79 Å². The van der Waals surface area contributed by atoms with Gasteiger partial charge < -0.3 is 10.1 Å². The number of aryl methyl sites for hydroxylation is 1. The van der Waals surface area contributed by atoms with E-state index in [1.807, 2.05) is 42.6 Å². The van der Waals surface area contributed by atoms with Crippen LogP contribution in [0, 0.1) is 6.92 Å². The Morgan fingerprint density at radius 1 is 1.28 bits per heavy atom. The predicted molar refractivity (Wildman–Crippen MR) is 100 cm³/mol. The number of thiazole rings is 1. The monoisotopic (exact) mass is 370 g/mol. The normalized spacial score (nSPS) is 11.0. The molecule has 0 saturated heterocycles. The number of ether oxygens (including phenoxy) is 1. The van der Waals surface area contributed by atoms with E-state index in [-0.39, 0.29) is 5.91 Å². The highest BCUT2D eigenvalue weighted by Crippen LogP contribution is 2.30. The highest BCUT2D eigenvalue weighted by molar-refractivity contribution is 7.20. The van der Waals surface area contributed by atoms with Crippen LogP contribution in [0.2, 0.25) is 0 Å². The molecule has 0 saturated carbocycles. The average Bonchev–Trinajstić information content (AvgIpc) is 3.33. The van der Waals surface area contributed by atoms with Crippen LogP contribution in [0.3, 0.4) is 0 Å². The van der Waals surface area contributed by atoms with Gasteiger partial charge in [-0.1, -0.05) is 17.4 Å². The van der Waals surface area contributed by atoms with Gasteiger partial charge in [0.1, 0.15) is 11.6 Å². The first-order chi connectivity index (χ1) is 12.1. The molecule has 0 atom stereocenters. The molecule has 1 aromatic carbocycles. The summed E-state index contributed by atoms with van der Waals surface area (Å²) in [5.74, 6) is 1.23. The van der Waals surface area contributed by atoms with E-state index >= 15 is 0 Å². The Kier molecular flexibility index (Phi) is 3.98. The lowest BCUT2D eigenvalue weighted by atomic mass is 10.3. The molecule has 3 aromatic heterocycles. The minimum absolute atomic E-state index is 0.154. The fraction of sp³-hybridized carbons (Fsp3) is 0.118. The van der Waals surface area contributed by atoms with Crippen molar-refractivity contribution < 1.29 is 9.53 Å². The van der Waals surface area contributed by atoms with Crippen molar-refractivity contribution in [3.05, 3.63) is 52.3 Å². The number of anilines is 1. The van der Waals surface area contributed by atoms with Crippen molar-refractivity contribution in [3.63, 3.8) is 0 Å². The zero-order chi connectivity index (χ0) is 17.4. The van der Waals surface area contributed by atoms with Crippen LogP contribution in [0.25, 0.3) is 15.3 Å². The molecular formula is C17H14N4O2S2. The van der Waals surface area contributed by atoms with Gasteiger partial charge >= 0.3 is 0 Å². The SMILES string of the molecule is COc1ccc2nc(-n3nc(C)cc3NC(=O)c3cccs3)sc2c1. The lowest BCUT2D eigenvalue weighted by Gasteiger charge is -2.04. The topological polar surface area (TPSA) is 69.0 Å². The molecule has 0 spiro atoms. The molecule has 0 aliphatic heterocycles. The minimum Gasteiger partial charge on any atom is -0.497 e. The molecule has 4 aromatic rings. The maximum Gasteiger partial charge on any atom is 0.266 e. The fourth-order valence-electron chi connectivity index (χ4n) is 2.43. The van der Waals surface area contributed by atoms with E-state index in [0.29, 0.717) is 15.8 Å². The maximum absolute atomic E-state index is 12.3. The van der Waals surface area contributed by atoms with Gasteiger partial charge in [-0.3, -0.25) is 4.79 Å². The number of benzene rings is 1. The third kappa shape index (κ3) is 3.01. The summed E-state index contributed by atoms with van der Waals surface area (Å²) in [6.45, 7) is 1.88. The van der Waals surface area contributed by atoms with Crippen LogP contribution in [-0.2, 0) is 0 Å². The van der Waals surface area contributed by atoms with Gasteiger partial charge in [0.25, 0.3) is 5.91 Å².